The number of methoxy groups -OCH3 is 1. The molecule has 2 N–H and O–H groups in total. The summed E-state index contributed by atoms with van der Waals surface area (Å²) in [5.74, 6) is 1.31. The van der Waals surface area contributed by atoms with Gasteiger partial charge in [0.1, 0.15) is 5.75 Å². The first-order valence-corrected chi connectivity index (χ1v) is 10.8. The number of hydrogen-bond acceptors (Lipinski definition) is 4. The number of benzene rings is 2. The van der Waals surface area contributed by atoms with Gasteiger partial charge in [-0.05, 0) is 62.4 Å². The zero-order chi connectivity index (χ0) is 20.9. The maximum atomic E-state index is 13.2. The molecule has 30 heavy (non-hydrogen) atoms. The summed E-state index contributed by atoms with van der Waals surface area (Å²) < 4.78 is 5.32. The molecule has 1 heterocycles. The van der Waals surface area contributed by atoms with Gasteiger partial charge in [0.2, 0.25) is 0 Å². The second kappa shape index (κ2) is 9.30. The predicted octanol–water partition coefficient (Wildman–Crippen LogP) is 4.13. The summed E-state index contributed by atoms with van der Waals surface area (Å²) in [6.07, 6.45) is 4.25. The molecule has 1 aliphatic rings. The number of aromatic nitrogens is 2. The van der Waals surface area contributed by atoms with Crippen LogP contribution in [0.15, 0.2) is 48.5 Å². The number of amides is 1. The van der Waals surface area contributed by atoms with Gasteiger partial charge in [0.25, 0.3) is 5.91 Å². The Balaban J connectivity index is 1.40. The van der Waals surface area contributed by atoms with E-state index >= 15 is 0 Å². The molecule has 1 fully saturated rings. The van der Waals surface area contributed by atoms with Crippen molar-refractivity contribution in [1.82, 2.24) is 20.2 Å². The SMILES string of the molecule is CCN(C(=O)c1nc2ccccc2[nH]1)[C@H]1CCC[C@@H](NCc2cccc(OC)c2)C1. The fourth-order valence-electron chi connectivity index (χ4n) is 4.43. The summed E-state index contributed by atoms with van der Waals surface area (Å²) >= 11 is 0. The van der Waals surface area contributed by atoms with Gasteiger partial charge in [-0.2, -0.15) is 0 Å². The monoisotopic (exact) mass is 406 g/mol. The molecule has 1 aliphatic carbocycles. The van der Waals surface area contributed by atoms with Gasteiger partial charge >= 0.3 is 0 Å². The van der Waals surface area contributed by atoms with Crippen LogP contribution < -0.4 is 10.1 Å². The van der Waals surface area contributed by atoms with Crippen molar-refractivity contribution in [2.75, 3.05) is 13.7 Å². The minimum atomic E-state index is -0.00727. The summed E-state index contributed by atoms with van der Waals surface area (Å²) in [5, 5.41) is 3.68. The Morgan fingerprint density at radius 3 is 2.90 bits per heavy atom. The minimum Gasteiger partial charge on any atom is -0.497 e. The molecule has 0 radical (unpaired) electrons. The Bertz CT molecular complexity index is 967. The Labute approximate surface area is 177 Å². The van der Waals surface area contributed by atoms with Crippen molar-refractivity contribution in [1.29, 1.82) is 0 Å². The smallest absolute Gasteiger partial charge is 0.289 e. The molecule has 158 valence electrons. The summed E-state index contributed by atoms with van der Waals surface area (Å²) in [5.41, 5.74) is 2.94. The number of nitrogens with zero attached hydrogens (tertiary/aromatic N) is 2. The Kier molecular flexibility index (Phi) is 6.33. The molecule has 1 amide bonds. The van der Waals surface area contributed by atoms with Crippen molar-refractivity contribution in [3.8, 4) is 5.75 Å². The Morgan fingerprint density at radius 2 is 2.10 bits per heavy atom. The highest BCUT2D eigenvalue weighted by atomic mass is 16.5. The number of carbonyl (C=O) groups excluding carboxylic acids is 1. The van der Waals surface area contributed by atoms with Gasteiger partial charge in [-0.15, -0.1) is 0 Å². The summed E-state index contributed by atoms with van der Waals surface area (Å²) in [6, 6.07) is 16.6. The van der Waals surface area contributed by atoms with E-state index in [1.165, 1.54) is 5.56 Å². The molecule has 1 saturated carbocycles. The van der Waals surface area contributed by atoms with Crippen LogP contribution in [0.1, 0.15) is 48.8 Å². The molecule has 0 aliphatic heterocycles. The largest absolute Gasteiger partial charge is 0.497 e. The van der Waals surface area contributed by atoms with Crippen LogP contribution in [-0.4, -0.2) is 46.5 Å². The predicted molar refractivity (Wildman–Crippen MR) is 119 cm³/mol. The highest BCUT2D eigenvalue weighted by Crippen LogP contribution is 2.25. The first-order valence-electron chi connectivity index (χ1n) is 10.8. The minimum absolute atomic E-state index is 0.00727. The van der Waals surface area contributed by atoms with Crippen molar-refractivity contribution < 1.29 is 9.53 Å². The van der Waals surface area contributed by atoms with Gasteiger partial charge in [-0.3, -0.25) is 4.79 Å². The van der Waals surface area contributed by atoms with Crippen LogP contribution in [0.4, 0.5) is 0 Å². The zero-order valence-electron chi connectivity index (χ0n) is 17.7. The van der Waals surface area contributed by atoms with E-state index < -0.39 is 0 Å². The molecule has 0 unspecified atom stereocenters. The van der Waals surface area contributed by atoms with Gasteiger partial charge in [0, 0.05) is 25.2 Å². The third-order valence-electron chi connectivity index (χ3n) is 6.01. The number of aromatic amines is 1. The molecule has 4 rings (SSSR count). The lowest BCUT2D eigenvalue weighted by Gasteiger charge is -2.37. The van der Waals surface area contributed by atoms with Crippen molar-refractivity contribution in [2.24, 2.45) is 0 Å². The van der Waals surface area contributed by atoms with E-state index in [1.54, 1.807) is 7.11 Å². The second-order valence-corrected chi connectivity index (χ2v) is 7.94. The molecule has 1 aromatic heterocycles. The summed E-state index contributed by atoms with van der Waals surface area (Å²) in [7, 11) is 1.69. The zero-order valence-corrected chi connectivity index (χ0v) is 17.7. The molecule has 6 heteroatoms. The van der Waals surface area contributed by atoms with Crippen LogP contribution in [-0.2, 0) is 6.54 Å². The molecular formula is C24H30N4O2. The number of ether oxygens (including phenoxy) is 1. The lowest BCUT2D eigenvalue weighted by molar-refractivity contribution is 0.0617. The number of rotatable bonds is 7. The molecule has 0 spiro atoms. The fraction of sp³-hybridized carbons (Fsp3) is 0.417. The third-order valence-corrected chi connectivity index (χ3v) is 6.01. The third kappa shape index (κ3) is 4.49. The summed E-state index contributed by atoms with van der Waals surface area (Å²) in [6.45, 7) is 3.54. The van der Waals surface area contributed by atoms with E-state index in [0.717, 1.165) is 49.0 Å². The molecule has 0 bridgehead atoms. The van der Waals surface area contributed by atoms with Gasteiger partial charge in [-0.1, -0.05) is 24.3 Å². The Hall–Kier alpha value is -2.86. The highest BCUT2D eigenvalue weighted by molar-refractivity contribution is 5.94. The number of H-pyrrole nitrogens is 1. The lowest BCUT2D eigenvalue weighted by atomic mass is 9.89. The fourth-order valence-corrected chi connectivity index (χ4v) is 4.43. The maximum Gasteiger partial charge on any atom is 0.289 e. The van der Waals surface area contributed by atoms with Crippen molar-refractivity contribution in [2.45, 2.75) is 51.2 Å². The van der Waals surface area contributed by atoms with Gasteiger partial charge in [-0.25, -0.2) is 4.98 Å². The van der Waals surface area contributed by atoms with E-state index in [2.05, 4.69) is 27.4 Å². The number of imidazole rings is 1. The Morgan fingerprint density at radius 1 is 1.23 bits per heavy atom. The molecule has 3 aromatic rings. The molecule has 6 nitrogen and oxygen atoms in total. The second-order valence-electron chi connectivity index (χ2n) is 7.94. The average Bonchev–Trinajstić information content (AvgIpc) is 3.23. The normalized spacial score (nSPS) is 19.0. The van der Waals surface area contributed by atoms with Crippen LogP contribution in [0.2, 0.25) is 0 Å². The highest BCUT2D eigenvalue weighted by Gasteiger charge is 2.30. The maximum absolute atomic E-state index is 13.2. The van der Waals surface area contributed by atoms with Crippen LogP contribution in [0, 0.1) is 0 Å². The van der Waals surface area contributed by atoms with Gasteiger partial charge in [0.15, 0.2) is 5.82 Å². The standard InChI is InChI=1S/C24H30N4O2/c1-3-28(24(29)23-26-21-12-4-5-13-22(21)27-23)19-10-7-9-18(15-19)25-16-17-8-6-11-20(14-17)30-2/h4-6,8,11-14,18-19,25H,3,7,9-10,15-16H2,1-2H3,(H,26,27)/t18-,19+/m1/s1. The molecule has 0 saturated heterocycles. The number of para-hydroxylation sites is 2. The van der Waals surface area contributed by atoms with Gasteiger partial charge < -0.3 is 19.9 Å². The van der Waals surface area contributed by atoms with E-state index in [0.29, 0.717) is 18.4 Å². The van der Waals surface area contributed by atoms with E-state index in [-0.39, 0.29) is 11.9 Å². The number of carbonyl (C=O) groups is 1. The molecule has 2 aromatic carbocycles. The molecule has 2 atom stereocenters. The lowest BCUT2D eigenvalue weighted by Crippen LogP contribution is -2.47. The van der Waals surface area contributed by atoms with Crippen LogP contribution >= 0.6 is 0 Å². The van der Waals surface area contributed by atoms with Crippen molar-refractivity contribution in [3.05, 3.63) is 59.9 Å². The van der Waals surface area contributed by atoms with Gasteiger partial charge in [0.05, 0.1) is 18.1 Å². The first kappa shape index (κ1) is 20.4. The van der Waals surface area contributed by atoms with Crippen LogP contribution in [0.25, 0.3) is 11.0 Å². The van der Waals surface area contributed by atoms with Crippen LogP contribution in [0.3, 0.4) is 0 Å². The number of fused-ring (bicyclic) bond motifs is 1. The number of hydrogen-bond donors (Lipinski definition) is 2. The number of nitrogens with one attached hydrogen (secondary N) is 2. The summed E-state index contributed by atoms with van der Waals surface area (Å²) in [4.78, 5) is 22.9. The molecular weight excluding hydrogens is 376 g/mol. The van der Waals surface area contributed by atoms with E-state index in [9.17, 15) is 4.79 Å². The topological polar surface area (TPSA) is 70.2 Å². The first-order chi connectivity index (χ1) is 14.7. The van der Waals surface area contributed by atoms with E-state index in [4.69, 9.17) is 4.74 Å². The van der Waals surface area contributed by atoms with E-state index in [1.807, 2.05) is 48.2 Å². The van der Waals surface area contributed by atoms with Crippen molar-refractivity contribution >= 4 is 16.9 Å². The van der Waals surface area contributed by atoms with Crippen molar-refractivity contribution in [3.63, 3.8) is 0 Å². The van der Waals surface area contributed by atoms with Crippen LogP contribution in [0.5, 0.6) is 5.75 Å². The quantitative estimate of drug-likeness (QED) is 0.619. The average molecular weight is 407 g/mol.